The Kier molecular flexibility index (Phi) is 4.59. The maximum atomic E-state index is 12.2. The molecule has 120 valence electrons. The number of hydrogen-bond acceptors (Lipinski definition) is 4. The molecule has 0 aliphatic rings. The standard InChI is InChI=1S/C16H17N3O4/c1-10-5-4-6-11(2)15(10)17-14(20)9-18-12(3)7-8-13(16(18)21)19(22)23/h4-8H,9H2,1-3H3,(H,17,20). The quantitative estimate of drug-likeness (QED) is 0.692. The number of pyridine rings is 1. The Morgan fingerprint density at radius 3 is 2.35 bits per heavy atom. The lowest BCUT2D eigenvalue weighted by atomic mass is 10.1. The number of nitrogens with one attached hydrogen (secondary N) is 1. The normalized spacial score (nSPS) is 10.4. The van der Waals surface area contributed by atoms with Gasteiger partial charge >= 0.3 is 11.2 Å². The first-order valence-electron chi connectivity index (χ1n) is 7.02. The van der Waals surface area contributed by atoms with E-state index in [1.807, 2.05) is 32.0 Å². The molecule has 1 aromatic carbocycles. The van der Waals surface area contributed by atoms with E-state index in [-0.39, 0.29) is 6.54 Å². The zero-order valence-corrected chi connectivity index (χ0v) is 13.1. The number of anilines is 1. The molecule has 2 rings (SSSR count). The zero-order chi connectivity index (χ0) is 17.1. The number of aryl methyl sites for hydroxylation is 3. The second-order valence-corrected chi connectivity index (χ2v) is 5.32. The molecule has 23 heavy (non-hydrogen) atoms. The van der Waals surface area contributed by atoms with Crippen LogP contribution in [0.25, 0.3) is 0 Å². The summed E-state index contributed by atoms with van der Waals surface area (Å²) >= 11 is 0. The van der Waals surface area contributed by atoms with Crippen molar-refractivity contribution in [1.29, 1.82) is 0 Å². The summed E-state index contributed by atoms with van der Waals surface area (Å²) in [4.78, 5) is 34.4. The van der Waals surface area contributed by atoms with Gasteiger partial charge in [0.1, 0.15) is 6.54 Å². The number of aromatic nitrogens is 1. The summed E-state index contributed by atoms with van der Waals surface area (Å²) in [6.07, 6.45) is 0. The van der Waals surface area contributed by atoms with E-state index in [9.17, 15) is 19.7 Å². The number of carbonyl (C=O) groups is 1. The summed E-state index contributed by atoms with van der Waals surface area (Å²) < 4.78 is 1.10. The first-order chi connectivity index (χ1) is 10.8. The van der Waals surface area contributed by atoms with Crippen LogP contribution in [0.3, 0.4) is 0 Å². The molecule has 1 aromatic heterocycles. The minimum absolute atomic E-state index is 0.278. The van der Waals surface area contributed by atoms with Crippen LogP contribution in [0.4, 0.5) is 11.4 Å². The topological polar surface area (TPSA) is 94.2 Å². The zero-order valence-electron chi connectivity index (χ0n) is 13.1. The van der Waals surface area contributed by atoms with Gasteiger partial charge in [-0.2, -0.15) is 0 Å². The molecule has 0 unspecified atom stereocenters. The van der Waals surface area contributed by atoms with E-state index in [0.29, 0.717) is 11.4 Å². The second-order valence-electron chi connectivity index (χ2n) is 5.32. The molecule has 0 spiro atoms. The Morgan fingerprint density at radius 2 is 1.78 bits per heavy atom. The molecule has 1 amide bonds. The number of carbonyl (C=O) groups excluding carboxylic acids is 1. The average molecular weight is 315 g/mol. The maximum Gasteiger partial charge on any atom is 0.334 e. The SMILES string of the molecule is Cc1cccc(C)c1NC(=O)Cn1c(C)ccc([N+](=O)[O-])c1=O. The monoisotopic (exact) mass is 315 g/mol. The highest BCUT2D eigenvalue weighted by atomic mass is 16.6. The number of para-hydroxylation sites is 1. The number of rotatable bonds is 4. The predicted octanol–water partition coefficient (Wildman–Crippen LogP) is 2.32. The highest BCUT2D eigenvalue weighted by Crippen LogP contribution is 2.19. The fourth-order valence-corrected chi connectivity index (χ4v) is 2.33. The van der Waals surface area contributed by atoms with Crippen molar-refractivity contribution in [2.75, 3.05) is 5.32 Å². The van der Waals surface area contributed by atoms with E-state index in [1.165, 1.54) is 6.07 Å². The van der Waals surface area contributed by atoms with Gasteiger partial charge < -0.3 is 5.32 Å². The smallest absolute Gasteiger partial charge is 0.324 e. The molecular formula is C16H17N3O4. The third kappa shape index (κ3) is 3.45. The fourth-order valence-electron chi connectivity index (χ4n) is 2.33. The molecule has 0 saturated carbocycles. The van der Waals surface area contributed by atoms with Crippen LogP contribution in [-0.4, -0.2) is 15.4 Å². The van der Waals surface area contributed by atoms with E-state index in [2.05, 4.69) is 5.32 Å². The lowest BCUT2D eigenvalue weighted by molar-refractivity contribution is -0.386. The number of nitrogens with zero attached hydrogens (tertiary/aromatic N) is 2. The van der Waals surface area contributed by atoms with E-state index in [0.717, 1.165) is 21.8 Å². The second kappa shape index (κ2) is 6.43. The Labute approximate surface area is 132 Å². The molecule has 0 aliphatic carbocycles. The minimum atomic E-state index is -0.786. The number of nitro groups is 1. The number of amides is 1. The van der Waals surface area contributed by atoms with Crippen LogP contribution in [-0.2, 0) is 11.3 Å². The molecule has 7 heteroatoms. The van der Waals surface area contributed by atoms with Crippen molar-refractivity contribution in [3.8, 4) is 0 Å². The van der Waals surface area contributed by atoms with E-state index in [1.54, 1.807) is 6.92 Å². The summed E-state index contributed by atoms with van der Waals surface area (Å²) in [7, 11) is 0. The van der Waals surface area contributed by atoms with Gasteiger partial charge in [-0.05, 0) is 38.0 Å². The van der Waals surface area contributed by atoms with Gasteiger partial charge in [-0.15, -0.1) is 0 Å². The van der Waals surface area contributed by atoms with Gasteiger partial charge in [-0.1, -0.05) is 18.2 Å². The van der Waals surface area contributed by atoms with Crippen LogP contribution >= 0.6 is 0 Å². The minimum Gasteiger partial charge on any atom is -0.324 e. The molecule has 0 radical (unpaired) electrons. The largest absolute Gasteiger partial charge is 0.334 e. The van der Waals surface area contributed by atoms with E-state index < -0.39 is 22.1 Å². The van der Waals surface area contributed by atoms with Gasteiger partial charge in [-0.25, -0.2) is 0 Å². The van der Waals surface area contributed by atoms with Crippen LogP contribution in [0.5, 0.6) is 0 Å². The maximum absolute atomic E-state index is 12.2. The van der Waals surface area contributed by atoms with Gasteiger partial charge in [0.05, 0.1) is 4.92 Å². The molecule has 0 saturated heterocycles. The molecule has 1 heterocycles. The highest BCUT2D eigenvalue weighted by Gasteiger charge is 2.17. The predicted molar refractivity (Wildman–Crippen MR) is 86.6 cm³/mol. The summed E-state index contributed by atoms with van der Waals surface area (Å²) in [5.74, 6) is -0.409. The molecule has 7 nitrogen and oxygen atoms in total. The summed E-state index contributed by atoms with van der Waals surface area (Å²) in [6.45, 7) is 5.08. The number of benzene rings is 1. The third-order valence-corrected chi connectivity index (χ3v) is 3.62. The Morgan fingerprint density at radius 1 is 1.17 bits per heavy atom. The molecule has 2 aromatic rings. The molecule has 0 aliphatic heterocycles. The van der Waals surface area contributed by atoms with Crippen LogP contribution in [0.2, 0.25) is 0 Å². The van der Waals surface area contributed by atoms with Crippen molar-refractivity contribution in [2.45, 2.75) is 27.3 Å². The van der Waals surface area contributed by atoms with Gasteiger partial charge in [0, 0.05) is 17.4 Å². The molecule has 0 atom stereocenters. The first kappa shape index (κ1) is 16.4. The lowest BCUT2D eigenvalue weighted by Gasteiger charge is -2.13. The first-order valence-corrected chi connectivity index (χ1v) is 7.02. The van der Waals surface area contributed by atoms with Crippen molar-refractivity contribution < 1.29 is 9.72 Å². The molecular weight excluding hydrogens is 298 g/mol. The van der Waals surface area contributed by atoms with Crippen LogP contribution in [0, 0.1) is 30.9 Å². The van der Waals surface area contributed by atoms with Gasteiger partial charge in [0.25, 0.3) is 0 Å². The Balaban J connectivity index is 2.29. The molecule has 0 bridgehead atoms. The van der Waals surface area contributed by atoms with E-state index in [4.69, 9.17) is 0 Å². The summed E-state index contributed by atoms with van der Waals surface area (Å²) in [6, 6.07) is 8.22. The summed E-state index contributed by atoms with van der Waals surface area (Å²) in [5.41, 5.74) is 1.65. The van der Waals surface area contributed by atoms with Crippen molar-refractivity contribution in [1.82, 2.24) is 4.57 Å². The Hall–Kier alpha value is -2.96. The average Bonchev–Trinajstić information content (AvgIpc) is 2.47. The van der Waals surface area contributed by atoms with Crippen molar-refractivity contribution >= 4 is 17.3 Å². The van der Waals surface area contributed by atoms with Crippen LogP contribution < -0.4 is 10.9 Å². The Bertz CT molecular complexity index is 819. The lowest BCUT2D eigenvalue weighted by Crippen LogP contribution is -2.30. The van der Waals surface area contributed by atoms with Crippen molar-refractivity contribution in [2.24, 2.45) is 0 Å². The van der Waals surface area contributed by atoms with E-state index >= 15 is 0 Å². The van der Waals surface area contributed by atoms with Gasteiger partial charge in [0.15, 0.2) is 0 Å². The fraction of sp³-hybridized carbons (Fsp3) is 0.250. The van der Waals surface area contributed by atoms with Gasteiger partial charge in [0.2, 0.25) is 5.91 Å². The van der Waals surface area contributed by atoms with Crippen molar-refractivity contribution in [3.05, 3.63) is 67.6 Å². The van der Waals surface area contributed by atoms with Gasteiger partial charge in [-0.3, -0.25) is 24.3 Å². The summed E-state index contributed by atoms with van der Waals surface area (Å²) in [5, 5.41) is 13.6. The third-order valence-electron chi connectivity index (χ3n) is 3.62. The van der Waals surface area contributed by atoms with Crippen molar-refractivity contribution in [3.63, 3.8) is 0 Å². The highest BCUT2D eigenvalue weighted by molar-refractivity contribution is 5.92. The number of hydrogen-bond donors (Lipinski definition) is 1. The molecule has 0 fully saturated rings. The molecule has 1 N–H and O–H groups in total. The van der Waals surface area contributed by atoms with Crippen LogP contribution in [0.1, 0.15) is 16.8 Å². The van der Waals surface area contributed by atoms with Crippen LogP contribution in [0.15, 0.2) is 35.1 Å².